The van der Waals surface area contributed by atoms with Crippen LogP contribution in [0.5, 0.6) is 0 Å². The van der Waals surface area contributed by atoms with Crippen LogP contribution in [0.1, 0.15) is 46.2 Å². The zero-order valence-corrected chi connectivity index (χ0v) is 14.3. The molecule has 7 heteroatoms. The van der Waals surface area contributed by atoms with Crippen molar-refractivity contribution in [2.45, 2.75) is 26.7 Å². The van der Waals surface area contributed by atoms with Crippen LogP contribution in [0, 0.1) is 12.7 Å². The molecule has 0 atom stereocenters. The second kappa shape index (κ2) is 6.59. The smallest absolute Gasteiger partial charge is 0.303 e. The summed E-state index contributed by atoms with van der Waals surface area (Å²) in [6.07, 6.45) is 1.54. The van der Waals surface area contributed by atoms with Crippen molar-refractivity contribution in [2.75, 3.05) is 5.32 Å². The largest absolute Gasteiger partial charge is 0.481 e. The number of carboxylic acids is 1. The van der Waals surface area contributed by atoms with E-state index in [2.05, 4.69) is 10.3 Å². The number of aromatic nitrogens is 1. The van der Waals surface area contributed by atoms with Crippen molar-refractivity contribution in [3.05, 3.63) is 52.1 Å². The lowest BCUT2D eigenvalue weighted by molar-refractivity contribution is -0.137. The average molecular weight is 356 g/mol. The van der Waals surface area contributed by atoms with Gasteiger partial charge in [-0.3, -0.25) is 14.4 Å². The molecule has 1 amide bonds. The van der Waals surface area contributed by atoms with E-state index in [1.54, 1.807) is 6.92 Å². The van der Waals surface area contributed by atoms with Crippen molar-refractivity contribution in [3.8, 4) is 0 Å². The first-order valence-electron chi connectivity index (χ1n) is 8.05. The highest BCUT2D eigenvalue weighted by Crippen LogP contribution is 2.34. The maximum absolute atomic E-state index is 13.6. The number of rotatable bonds is 5. The van der Waals surface area contributed by atoms with Crippen LogP contribution < -0.4 is 5.32 Å². The van der Waals surface area contributed by atoms with E-state index in [4.69, 9.17) is 5.11 Å². The van der Waals surface area contributed by atoms with E-state index < -0.39 is 11.8 Å². The number of carbonyl (C=O) groups is 3. The van der Waals surface area contributed by atoms with E-state index in [-0.39, 0.29) is 30.1 Å². The quantitative estimate of drug-likeness (QED) is 0.566. The maximum atomic E-state index is 13.6. The van der Waals surface area contributed by atoms with Crippen LogP contribution in [-0.2, 0) is 16.0 Å². The number of halogens is 1. The van der Waals surface area contributed by atoms with Crippen molar-refractivity contribution in [1.29, 1.82) is 0 Å². The van der Waals surface area contributed by atoms with Crippen molar-refractivity contribution < 1.29 is 23.9 Å². The normalized spacial score (nSPS) is 14.4. The highest BCUT2D eigenvalue weighted by molar-refractivity contribution is 6.34. The molecule has 2 aromatic rings. The number of hydrogen-bond donors (Lipinski definition) is 3. The number of aryl methyl sites for hydroxylation is 1. The lowest BCUT2D eigenvalue weighted by atomic mass is 9.98. The third kappa shape index (κ3) is 3.15. The second-order valence-corrected chi connectivity index (χ2v) is 6.17. The van der Waals surface area contributed by atoms with Gasteiger partial charge in [-0.2, -0.15) is 0 Å². The fraction of sp³-hybridized carbons (Fsp3) is 0.211. The topological polar surface area (TPSA) is 99.3 Å². The Bertz CT molecular complexity index is 972. The molecule has 1 aliphatic heterocycles. The maximum Gasteiger partial charge on any atom is 0.303 e. The van der Waals surface area contributed by atoms with Gasteiger partial charge in [-0.05, 0) is 50.1 Å². The summed E-state index contributed by atoms with van der Waals surface area (Å²) in [4.78, 5) is 38.2. The van der Waals surface area contributed by atoms with Gasteiger partial charge in [-0.1, -0.05) is 0 Å². The summed E-state index contributed by atoms with van der Waals surface area (Å²) in [7, 11) is 0. The minimum Gasteiger partial charge on any atom is -0.481 e. The molecule has 1 aromatic heterocycles. The van der Waals surface area contributed by atoms with Gasteiger partial charge in [0.2, 0.25) is 0 Å². The highest BCUT2D eigenvalue weighted by Gasteiger charge is 2.26. The Labute approximate surface area is 148 Å². The summed E-state index contributed by atoms with van der Waals surface area (Å²) >= 11 is 0. The molecular weight excluding hydrogens is 339 g/mol. The van der Waals surface area contributed by atoms with Crippen molar-refractivity contribution >= 4 is 35.0 Å². The number of aromatic amines is 1. The molecule has 6 nitrogen and oxygen atoms in total. The van der Waals surface area contributed by atoms with E-state index in [1.807, 2.05) is 0 Å². The number of aliphatic carboxylic acids is 1. The van der Waals surface area contributed by atoms with E-state index in [0.717, 1.165) is 0 Å². The molecule has 0 bridgehead atoms. The average Bonchev–Trinajstić information content (AvgIpc) is 3.03. The SMILES string of the molecule is CC(=O)c1c(C)[nH]c(C=C2C(=O)Nc3ccc(F)cc32)c1CCC(=O)O. The Balaban J connectivity index is 2.13. The van der Waals surface area contributed by atoms with E-state index in [0.29, 0.717) is 33.8 Å². The van der Waals surface area contributed by atoms with Crippen LogP contribution in [0.2, 0.25) is 0 Å². The summed E-state index contributed by atoms with van der Waals surface area (Å²) in [5, 5.41) is 11.6. The Morgan fingerprint density at radius 1 is 1.31 bits per heavy atom. The van der Waals surface area contributed by atoms with Gasteiger partial charge >= 0.3 is 5.97 Å². The van der Waals surface area contributed by atoms with Gasteiger partial charge in [-0.25, -0.2) is 4.39 Å². The summed E-state index contributed by atoms with van der Waals surface area (Å²) in [5.74, 6) is -2.02. The third-order valence-electron chi connectivity index (χ3n) is 4.32. The first-order chi connectivity index (χ1) is 12.3. The van der Waals surface area contributed by atoms with Gasteiger partial charge in [0.05, 0.1) is 5.57 Å². The Morgan fingerprint density at radius 3 is 2.69 bits per heavy atom. The van der Waals surface area contributed by atoms with Crippen LogP contribution >= 0.6 is 0 Å². The Hall–Kier alpha value is -3.22. The van der Waals surface area contributed by atoms with Crippen molar-refractivity contribution in [2.24, 2.45) is 0 Å². The van der Waals surface area contributed by atoms with Gasteiger partial charge in [0.1, 0.15) is 5.82 Å². The molecule has 134 valence electrons. The summed E-state index contributed by atoms with van der Waals surface area (Å²) in [6, 6.07) is 4.00. The molecule has 3 N–H and O–H groups in total. The third-order valence-corrected chi connectivity index (χ3v) is 4.32. The number of benzene rings is 1. The molecule has 1 aromatic carbocycles. The molecule has 0 unspecified atom stereocenters. The number of hydrogen-bond acceptors (Lipinski definition) is 3. The number of anilines is 1. The molecule has 3 rings (SSSR count). The van der Waals surface area contributed by atoms with Crippen LogP contribution in [0.15, 0.2) is 18.2 Å². The molecule has 1 aliphatic rings. The van der Waals surface area contributed by atoms with E-state index >= 15 is 0 Å². The van der Waals surface area contributed by atoms with Crippen LogP contribution in [0.25, 0.3) is 11.6 Å². The zero-order valence-electron chi connectivity index (χ0n) is 14.3. The van der Waals surface area contributed by atoms with Crippen molar-refractivity contribution in [1.82, 2.24) is 4.98 Å². The van der Waals surface area contributed by atoms with E-state index in [1.165, 1.54) is 31.2 Å². The number of carbonyl (C=O) groups excluding carboxylic acids is 2. The Morgan fingerprint density at radius 2 is 2.04 bits per heavy atom. The highest BCUT2D eigenvalue weighted by atomic mass is 19.1. The van der Waals surface area contributed by atoms with Gasteiger partial charge in [0.25, 0.3) is 5.91 Å². The number of H-pyrrole nitrogens is 1. The predicted molar refractivity (Wildman–Crippen MR) is 94.4 cm³/mol. The van der Waals surface area contributed by atoms with Gasteiger partial charge in [0.15, 0.2) is 5.78 Å². The number of fused-ring (bicyclic) bond motifs is 1. The standard InChI is InChI=1S/C19H17FN2O4/c1-9-18(10(2)23)12(4-6-17(24)25)16(21-9)8-14-13-7-11(20)3-5-15(13)22-19(14)26/h3,5,7-8,21H,4,6H2,1-2H3,(H,22,26)(H,24,25). The zero-order chi connectivity index (χ0) is 19.0. The molecule has 0 saturated heterocycles. The molecule has 0 aliphatic carbocycles. The number of ketones is 1. The van der Waals surface area contributed by atoms with Crippen LogP contribution in [0.3, 0.4) is 0 Å². The lowest BCUT2D eigenvalue weighted by Gasteiger charge is -2.03. The fourth-order valence-electron chi connectivity index (χ4n) is 3.24. The monoisotopic (exact) mass is 356 g/mol. The summed E-state index contributed by atoms with van der Waals surface area (Å²) < 4.78 is 13.6. The second-order valence-electron chi connectivity index (χ2n) is 6.17. The van der Waals surface area contributed by atoms with Gasteiger partial charge in [-0.15, -0.1) is 0 Å². The number of amides is 1. The number of nitrogens with one attached hydrogen (secondary N) is 2. The van der Waals surface area contributed by atoms with Crippen LogP contribution in [-0.4, -0.2) is 27.8 Å². The first kappa shape index (κ1) is 17.6. The summed E-state index contributed by atoms with van der Waals surface area (Å²) in [5.41, 5.74) is 3.24. The van der Waals surface area contributed by atoms with Crippen molar-refractivity contribution in [3.63, 3.8) is 0 Å². The van der Waals surface area contributed by atoms with Crippen LogP contribution in [0.4, 0.5) is 10.1 Å². The minimum absolute atomic E-state index is 0.144. The molecule has 0 spiro atoms. The van der Waals surface area contributed by atoms with E-state index in [9.17, 15) is 18.8 Å². The molecule has 2 heterocycles. The van der Waals surface area contributed by atoms with Gasteiger partial charge < -0.3 is 15.4 Å². The predicted octanol–water partition coefficient (Wildman–Crippen LogP) is 3.17. The Kier molecular flexibility index (Phi) is 4.46. The molecule has 0 radical (unpaired) electrons. The molecular formula is C19H17FN2O4. The molecule has 0 fully saturated rings. The molecule has 0 saturated carbocycles. The lowest BCUT2D eigenvalue weighted by Crippen LogP contribution is -2.05. The fourth-order valence-corrected chi connectivity index (χ4v) is 3.24. The molecule has 26 heavy (non-hydrogen) atoms. The minimum atomic E-state index is -0.983. The number of Topliss-reactive ketones (excluding diaryl/α,β-unsaturated/α-hetero) is 1. The number of carboxylic acid groups (broad SMARTS) is 1. The first-order valence-corrected chi connectivity index (χ1v) is 8.05. The summed E-state index contributed by atoms with van der Waals surface area (Å²) in [6.45, 7) is 3.12. The van der Waals surface area contributed by atoms with Gasteiger partial charge in [0, 0.05) is 34.6 Å².